The highest BCUT2D eigenvalue weighted by molar-refractivity contribution is 6.18. The third-order valence-electron chi connectivity index (χ3n) is 1.89. The molecule has 0 aliphatic carbocycles. The molecule has 0 aromatic heterocycles. The SMILES string of the molecule is COc1cc(C)ccc1[C@H](O)CCl. The summed E-state index contributed by atoms with van der Waals surface area (Å²) in [5, 5.41) is 9.52. The van der Waals surface area contributed by atoms with Crippen molar-refractivity contribution in [2.75, 3.05) is 13.0 Å². The van der Waals surface area contributed by atoms with Crippen LogP contribution in [0.25, 0.3) is 0 Å². The number of rotatable bonds is 3. The zero-order chi connectivity index (χ0) is 9.84. The Morgan fingerprint density at radius 2 is 2.23 bits per heavy atom. The fraction of sp³-hybridized carbons (Fsp3) is 0.400. The first-order chi connectivity index (χ1) is 6.19. The molecule has 0 aliphatic heterocycles. The predicted octanol–water partition coefficient (Wildman–Crippen LogP) is 2.28. The van der Waals surface area contributed by atoms with E-state index in [1.807, 2.05) is 25.1 Å². The Morgan fingerprint density at radius 3 is 2.77 bits per heavy atom. The lowest BCUT2D eigenvalue weighted by molar-refractivity contribution is 0.197. The zero-order valence-corrected chi connectivity index (χ0v) is 8.51. The topological polar surface area (TPSA) is 29.5 Å². The van der Waals surface area contributed by atoms with Crippen molar-refractivity contribution in [3.63, 3.8) is 0 Å². The van der Waals surface area contributed by atoms with Crippen molar-refractivity contribution in [3.8, 4) is 5.75 Å². The third kappa shape index (κ3) is 2.36. The minimum atomic E-state index is -0.655. The maximum absolute atomic E-state index is 9.52. The fourth-order valence-electron chi connectivity index (χ4n) is 1.18. The van der Waals surface area contributed by atoms with Gasteiger partial charge in [-0.2, -0.15) is 0 Å². The van der Waals surface area contributed by atoms with E-state index in [1.165, 1.54) is 0 Å². The van der Waals surface area contributed by atoms with Gasteiger partial charge in [0, 0.05) is 5.56 Å². The minimum Gasteiger partial charge on any atom is -0.496 e. The van der Waals surface area contributed by atoms with Crippen molar-refractivity contribution in [1.29, 1.82) is 0 Å². The summed E-state index contributed by atoms with van der Waals surface area (Å²) in [7, 11) is 1.58. The normalized spacial score (nSPS) is 12.6. The fourth-order valence-corrected chi connectivity index (χ4v) is 1.34. The molecule has 0 radical (unpaired) electrons. The summed E-state index contributed by atoms with van der Waals surface area (Å²) < 4.78 is 5.13. The van der Waals surface area contributed by atoms with Crippen LogP contribution in [0.3, 0.4) is 0 Å². The average Bonchev–Trinajstić information content (AvgIpc) is 2.16. The number of halogens is 1. The van der Waals surface area contributed by atoms with Crippen LogP contribution in [0, 0.1) is 6.92 Å². The van der Waals surface area contributed by atoms with E-state index in [-0.39, 0.29) is 5.88 Å². The Bertz CT molecular complexity index is 286. The van der Waals surface area contributed by atoms with Gasteiger partial charge >= 0.3 is 0 Å². The molecular formula is C10H13ClO2. The Kier molecular flexibility index (Phi) is 3.58. The number of ether oxygens (including phenoxy) is 1. The van der Waals surface area contributed by atoms with Gasteiger partial charge in [-0.3, -0.25) is 0 Å². The summed E-state index contributed by atoms with van der Waals surface area (Å²) >= 11 is 5.55. The Balaban J connectivity index is 3.05. The molecule has 1 aromatic carbocycles. The van der Waals surface area contributed by atoms with Gasteiger partial charge in [0.15, 0.2) is 0 Å². The van der Waals surface area contributed by atoms with Gasteiger partial charge in [0.2, 0.25) is 0 Å². The van der Waals surface area contributed by atoms with Gasteiger partial charge in [0.1, 0.15) is 5.75 Å². The number of aliphatic hydroxyl groups excluding tert-OH is 1. The lowest BCUT2D eigenvalue weighted by atomic mass is 10.1. The highest BCUT2D eigenvalue weighted by Crippen LogP contribution is 2.26. The molecule has 1 aromatic rings. The molecule has 0 saturated carbocycles. The first-order valence-corrected chi connectivity index (χ1v) is 4.61. The number of hydrogen-bond donors (Lipinski definition) is 1. The molecule has 0 aliphatic rings. The van der Waals surface area contributed by atoms with Gasteiger partial charge in [0.25, 0.3) is 0 Å². The number of aryl methyl sites for hydroxylation is 1. The highest BCUT2D eigenvalue weighted by Gasteiger charge is 2.11. The molecular weight excluding hydrogens is 188 g/mol. The zero-order valence-electron chi connectivity index (χ0n) is 7.75. The Labute approximate surface area is 83.1 Å². The molecule has 3 heteroatoms. The molecule has 0 heterocycles. The second kappa shape index (κ2) is 4.49. The molecule has 0 saturated heterocycles. The van der Waals surface area contributed by atoms with Gasteiger partial charge in [-0.25, -0.2) is 0 Å². The maximum atomic E-state index is 9.52. The van der Waals surface area contributed by atoms with Crippen molar-refractivity contribution in [2.45, 2.75) is 13.0 Å². The summed E-state index contributed by atoms with van der Waals surface area (Å²) in [5.41, 5.74) is 1.84. The van der Waals surface area contributed by atoms with Gasteiger partial charge in [0.05, 0.1) is 19.1 Å². The second-order valence-corrected chi connectivity index (χ2v) is 3.22. The van der Waals surface area contributed by atoms with Crippen LogP contribution < -0.4 is 4.74 Å². The van der Waals surface area contributed by atoms with Crippen molar-refractivity contribution in [1.82, 2.24) is 0 Å². The third-order valence-corrected chi connectivity index (χ3v) is 2.19. The molecule has 0 bridgehead atoms. The van der Waals surface area contributed by atoms with Crippen LogP contribution in [0.5, 0.6) is 5.75 Å². The van der Waals surface area contributed by atoms with Crippen LogP contribution in [0.1, 0.15) is 17.2 Å². The van der Waals surface area contributed by atoms with Crippen LogP contribution in [-0.2, 0) is 0 Å². The lowest BCUT2D eigenvalue weighted by Gasteiger charge is -2.12. The Morgan fingerprint density at radius 1 is 1.54 bits per heavy atom. The van der Waals surface area contributed by atoms with Gasteiger partial charge in [-0.05, 0) is 18.6 Å². The molecule has 0 fully saturated rings. The number of hydrogen-bond acceptors (Lipinski definition) is 2. The van der Waals surface area contributed by atoms with Crippen LogP contribution in [-0.4, -0.2) is 18.1 Å². The average molecular weight is 201 g/mol. The van der Waals surface area contributed by atoms with Crippen LogP contribution >= 0.6 is 11.6 Å². The summed E-state index contributed by atoms with van der Waals surface area (Å²) in [6.07, 6.45) is -0.655. The van der Waals surface area contributed by atoms with E-state index in [1.54, 1.807) is 7.11 Å². The quantitative estimate of drug-likeness (QED) is 0.759. The van der Waals surface area contributed by atoms with E-state index in [9.17, 15) is 5.11 Å². The summed E-state index contributed by atoms with van der Waals surface area (Å²) in [4.78, 5) is 0. The monoisotopic (exact) mass is 200 g/mol. The predicted molar refractivity (Wildman–Crippen MR) is 53.4 cm³/mol. The molecule has 0 unspecified atom stereocenters. The van der Waals surface area contributed by atoms with E-state index in [0.29, 0.717) is 5.75 Å². The van der Waals surface area contributed by atoms with Gasteiger partial charge < -0.3 is 9.84 Å². The second-order valence-electron chi connectivity index (χ2n) is 2.92. The molecule has 2 nitrogen and oxygen atoms in total. The first kappa shape index (κ1) is 10.4. The molecule has 72 valence electrons. The van der Waals surface area contributed by atoms with E-state index < -0.39 is 6.10 Å². The van der Waals surface area contributed by atoms with Crippen LogP contribution in [0.2, 0.25) is 0 Å². The van der Waals surface area contributed by atoms with Crippen LogP contribution in [0.4, 0.5) is 0 Å². The maximum Gasteiger partial charge on any atom is 0.124 e. The van der Waals surface area contributed by atoms with E-state index in [4.69, 9.17) is 16.3 Å². The van der Waals surface area contributed by atoms with Crippen molar-refractivity contribution in [2.24, 2.45) is 0 Å². The molecule has 1 rings (SSSR count). The number of aliphatic hydroxyl groups is 1. The van der Waals surface area contributed by atoms with Gasteiger partial charge in [-0.15, -0.1) is 11.6 Å². The van der Waals surface area contributed by atoms with Gasteiger partial charge in [-0.1, -0.05) is 12.1 Å². The van der Waals surface area contributed by atoms with E-state index in [2.05, 4.69) is 0 Å². The molecule has 13 heavy (non-hydrogen) atoms. The molecule has 1 atom stereocenters. The lowest BCUT2D eigenvalue weighted by Crippen LogP contribution is -2.01. The van der Waals surface area contributed by atoms with E-state index in [0.717, 1.165) is 11.1 Å². The summed E-state index contributed by atoms with van der Waals surface area (Å²) in [5.74, 6) is 0.868. The van der Waals surface area contributed by atoms with Crippen molar-refractivity contribution < 1.29 is 9.84 Å². The van der Waals surface area contributed by atoms with E-state index >= 15 is 0 Å². The summed E-state index contributed by atoms with van der Waals surface area (Å²) in [6.45, 7) is 1.97. The minimum absolute atomic E-state index is 0.180. The van der Waals surface area contributed by atoms with Crippen LogP contribution in [0.15, 0.2) is 18.2 Å². The first-order valence-electron chi connectivity index (χ1n) is 4.07. The smallest absolute Gasteiger partial charge is 0.124 e. The Hall–Kier alpha value is -0.730. The van der Waals surface area contributed by atoms with Crippen molar-refractivity contribution in [3.05, 3.63) is 29.3 Å². The molecule has 1 N–H and O–H groups in total. The number of alkyl halides is 1. The molecule has 0 amide bonds. The highest BCUT2D eigenvalue weighted by atomic mass is 35.5. The number of methoxy groups -OCH3 is 1. The summed E-state index contributed by atoms with van der Waals surface area (Å²) in [6, 6.07) is 5.64. The molecule has 0 spiro atoms. The van der Waals surface area contributed by atoms with Crippen molar-refractivity contribution >= 4 is 11.6 Å². The standard InChI is InChI=1S/C10H13ClO2/c1-7-3-4-8(9(12)6-11)10(5-7)13-2/h3-5,9,12H,6H2,1-2H3/t9-/m1/s1. The largest absolute Gasteiger partial charge is 0.496 e. The number of benzene rings is 1.